The van der Waals surface area contributed by atoms with Gasteiger partial charge in [0.05, 0.1) is 0 Å². The summed E-state index contributed by atoms with van der Waals surface area (Å²) in [6, 6.07) is -0.874. The highest BCUT2D eigenvalue weighted by Crippen LogP contribution is 2.10. The van der Waals surface area contributed by atoms with Gasteiger partial charge in [-0.2, -0.15) is 0 Å². The number of hydrogen-bond acceptors (Lipinski definition) is 2. The lowest BCUT2D eigenvalue weighted by Gasteiger charge is -2.07. The van der Waals surface area contributed by atoms with Crippen LogP contribution in [0.3, 0.4) is 0 Å². The highest BCUT2D eigenvalue weighted by Gasteiger charge is 2.29. The fraction of sp³-hybridized carbons (Fsp3) is 0.429. The largest absolute Gasteiger partial charge is 0.326 e. The molecule has 1 rings (SSSR count). The average Bonchev–Trinajstić information content (AvgIpc) is 2.67. The molecule has 0 bridgehead atoms. The van der Waals surface area contributed by atoms with Gasteiger partial charge in [-0.1, -0.05) is 44.2 Å². The zero-order chi connectivity index (χ0) is 14.0. The van der Waals surface area contributed by atoms with Crippen molar-refractivity contribution < 1.29 is 9.59 Å². The van der Waals surface area contributed by atoms with Crippen molar-refractivity contribution in [3.8, 4) is 0 Å². The maximum atomic E-state index is 11.3. The first-order valence-electron chi connectivity index (χ1n) is 6.23. The second kappa shape index (κ2) is 9.22. The number of hydrogen-bond donors (Lipinski definition) is 2. The minimum atomic E-state index is -0.458. The molecule has 4 nitrogen and oxygen atoms in total. The normalized spacial score (nSPS) is 19.8. The molecule has 100 valence electrons. The van der Waals surface area contributed by atoms with Crippen LogP contribution in [0.4, 0.5) is 4.79 Å². The summed E-state index contributed by atoms with van der Waals surface area (Å²) in [7, 11) is 0. The first-order valence-corrected chi connectivity index (χ1v) is 6.23. The Balaban J connectivity index is 0.00000137. The van der Waals surface area contributed by atoms with E-state index in [1.54, 1.807) is 0 Å². The van der Waals surface area contributed by atoms with Crippen molar-refractivity contribution in [1.29, 1.82) is 0 Å². The van der Waals surface area contributed by atoms with Crippen molar-refractivity contribution >= 4 is 11.9 Å². The molecule has 1 atom stereocenters. The van der Waals surface area contributed by atoms with Gasteiger partial charge in [-0.15, -0.1) is 0 Å². The summed E-state index contributed by atoms with van der Waals surface area (Å²) in [6.07, 6.45) is 10.1. The molecule has 18 heavy (non-hydrogen) atoms. The smallest absolute Gasteiger partial charge is 0.322 e. The molecule has 1 aliphatic heterocycles. The van der Waals surface area contributed by atoms with E-state index in [1.165, 1.54) is 0 Å². The fourth-order valence-electron chi connectivity index (χ4n) is 1.46. The van der Waals surface area contributed by atoms with E-state index in [2.05, 4.69) is 10.6 Å². The lowest BCUT2D eigenvalue weighted by molar-refractivity contribution is -0.120. The fourth-order valence-corrected chi connectivity index (χ4v) is 1.46. The Kier molecular flexibility index (Phi) is 8.27. The van der Waals surface area contributed by atoms with Crippen molar-refractivity contribution in [3.05, 3.63) is 36.0 Å². The Morgan fingerprint density at radius 1 is 1.22 bits per heavy atom. The van der Waals surface area contributed by atoms with E-state index in [0.717, 1.165) is 5.57 Å². The van der Waals surface area contributed by atoms with Crippen molar-refractivity contribution in [1.82, 2.24) is 10.6 Å². The molecule has 0 aliphatic carbocycles. The van der Waals surface area contributed by atoms with Crippen molar-refractivity contribution in [3.63, 3.8) is 0 Å². The number of allylic oxidation sites excluding steroid dienone is 5. The third-order valence-electron chi connectivity index (χ3n) is 2.18. The summed E-state index contributed by atoms with van der Waals surface area (Å²) in [5.74, 6) is -0.263. The molecule has 1 unspecified atom stereocenters. The second-order valence-electron chi connectivity index (χ2n) is 3.49. The number of urea groups is 1. The summed E-state index contributed by atoms with van der Waals surface area (Å²) in [5.41, 5.74) is 1.00. The summed E-state index contributed by atoms with van der Waals surface area (Å²) in [5, 5.41) is 4.78. The molecule has 0 aromatic heterocycles. The van der Waals surface area contributed by atoms with Crippen LogP contribution in [-0.2, 0) is 4.79 Å². The standard InChI is InChI=1S/C12H16N2O2.C2H6/c1-3-5-7-9(6-4-2)8-10-11(15)14-12(16)13-10;1-2/h3-7,10H,8H2,1-2H3,(H2,13,14,15,16);1-2H3/b5-3-,6-4-,9-7+;. The molecule has 0 saturated carbocycles. The molecular weight excluding hydrogens is 228 g/mol. The third-order valence-corrected chi connectivity index (χ3v) is 2.18. The van der Waals surface area contributed by atoms with Gasteiger partial charge in [0.1, 0.15) is 6.04 Å². The first kappa shape index (κ1) is 16.2. The minimum absolute atomic E-state index is 0.263. The maximum absolute atomic E-state index is 11.3. The number of imide groups is 1. The molecule has 2 N–H and O–H groups in total. The molecule has 1 fully saturated rings. The van der Waals surface area contributed by atoms with E-state index in [9.17, 15) is 9.59 Å². The van der Waals surface area contributed by atoms with Crippen LogP contribution in [0.5, 0.6) is 0 Å². The van der Waals surface area contributed by atoms with Crippen LogP contribution < -0.4 is 10.6 Å². The number of nitrogens with one attached hydrogen (secondary N) is 2. The highest BCUT2D eigenvalue weighted by atomic mass is 16.2. The van der Waals surface area contributed by atoms with Gasteiger partial charge in [0.15, 0.2) is 0 Å². The Morgan fingerprint density at radius 2 is 1.89 bits per heavy atom. The van der Waals surface area contributed by atoms with Crippen LogP contribution in [0.15, 0.2) is 36.0 Å². The predicted octanol–water partition coefficient (Wildman–Crippen LogP) is 2.69. The van der Waals surface area contributed by atoms with Gasteiger partial charge >= 0.3 is 6.03 Å². The number of carbonyl (C=O) groups excluding carboxylic acids is 2. The minimum Gasteiger partial charge on any atom is -0.326 e. The molecule has 1 aliphatic rings. The molecular formula is C14H22N2O2. The summed E-state index contributed by atoms with van der Waals surface area (Å²) >= 11 is 0. The van der Waals surface area contributed by atoms with Crippen LogP contribution in [0.25, 0.3) is 0 Å². The van der Waals surface area contributed by atoms with E-state index in [-0.39, 0.29) is 5.91 Å². The lowest BCUT2D eigenvalue weighted by atomic mass is 10.1. The van der Waals surface area contributed by atoms with Crippen LogP contribution in [0, 0.1) is 0 Å². The van der Waals surface area contributed by atoms with E-state index in [0.29, 0.717) is 6.42 Å². The lowest BCUT2D eigenvalue weighted by Crippen LogP contribution is -2.29. The molecule has 0 radical (unpaired) electrons. The molecule has 0 aromatic carbocycles. The Bertz CT molecular complexity index is 368. The first-order chi connectivity index (χ1) is 8.67. The average molecular weight is 250 g/mol. The topological polar surface area (TPSA) is 58.2 Å². The molecule has 0 aromatic rings. The molecule has 0 spiro atoms. The van der Waals surface area contributed by atoms with Crippen LogP contribution in [0.2, 0.25) is 0 Å². The van der Waals surface area contributed by atoms with Gasteiger partial charge in [-0.3, -0.25) is 10.1 Å². The Morgan fingerprint density at radius 3 is 2.33 bits per heavy atom. The van der Waals surface area contributed by atoms with Crippen LogP contribution in [0.1, 0.15) is 34.1 Å². The van der Waals surface area contributed by atoms with E-state index in [1.807, 2.05) is 58.1 Å². The Hall–Kier alpha value is -1.84. The Labute approximate surface area is 109 Å². The van der Waals surface area contributed by atoms with Gasteiger partial charge in [-0.25, -0.2) is 4.79 Å². The second-order valence-corrected chi connectivity index (χ2v) is 3.49. The van der Waals surface area contributed by atoms with E-state index < -0.39 is 12.1 Å². The molecule has 1 saturated heterocycles. The van der Waals surface area contributed by atoms with E-state index in [4.69, 9.17) is 0 Å². The molecule has 3 amide bonds. The number of carbonyl (C=O) groups is 2. The van der Waals surface area contributed by atoms with Crippen molar-refractivity contribution in [2.24, 2.45) is 0 Å². The zero-order valence-electron chi connectivity index (χ0n) is 11.5. The monoisotopic (exact) mass is 250 g/mol. The van der Waals surface area contributed by atoms with Crippen LogP contribution in [-0.4, -0.2) is 18.0 Å². The molecule has 4 heteroatoms. The highest BCUT2D eigenvalue weighted by molar-refractivity contribution is 6.04. The van der Waals surface area contributed by atoms with Crippen LogP contribution >= 0.6 is 0 Å². The third kappa shape index (κ3) is 5.48. The van der Waals surface area contributed by atoms with Gasteiger partial charge in [0.25, 0.3) is 5.91 Å². The van der Waals surface area contributed by atoms with Gasteiger partial charge in [0.2, 0.25) is 0 Å². The summed E-state index contributed by atoms with van der Waals surface area (Å²) in [4.78, 5) is 22.3. The quantitative estimate of drug-likeness (QED) is 0.595. The number of rotatable bonds is 4. The van der Waals surface area contributed by atoms with Crippen molar-refractivity contribution in [2.45, 2.75) is 40.2 Å². The zero-order valence-corrected chi connectivity index (χ0v) is 11.5. The SMILES string of the molecule is CC.C\C=C/C=C(\C=C/C)CC1NC(=O)NC1=O. The number of amides is 3. The summed E-state index contributed by atoms with van der Waals surface area (Å²) in [6.45, 7) is 7.84. The van der Waals surface area contributed by atoms with E-state index >= 15 is 0 Å². The van der Waals surface area contributed by atoms with Gasteiger partial charge < -0.3 is 5.32 Å². The maximum Gasteiger partial charge on any atom is 0.322 e. The van der Waals surface area contributed by atoms with Gasteiger partial charge in [-0.05, 0) is 19.4 Å². The van der Waals surface area contributed by atoms with Crippen molar-refractivity contribution in [2.75, 3.05) is 0 Å². The summed E-state index contributed by atoms with van der Waals surface area (Å²) < 4.78 is 0. The molecule has 1 heterocycles. The predicted molar refractivity (Wildman–Crippen MR) is 74.1 cm³/mol. The van der Waals surface area contributed by atoms with Gasteiger partial charge in [0, 0.05) is 6.42 Å².